The molecule has 1 aliphatic rings. The molecule has 0 spiro atoms. The van der Waals surface area contributed by atoms with Crippen LogP contribution < -0.4 is 9.47 Å². The number of rotatable bonds is 8. The van der Waals surface area contributed by atoms with Crippen LogP contribution in [0.1, 0.15) is 25.8 Å². The van der Waals surface area contributed by atoms with Gasteiger partial charge in [-0.05, 0) is 30.5 Å². The predicted octanol–water partition coefficient (Wildman–Crippen LogP) is 2.23. The van der Waals surface area contributed by atoms with Crippen molar-refractivity contribution in [2.75, 3.05) is 47.0 Å². The highest BCUT2D eigenvalue weighted by atomic mass is 16.5. The first-order chi connectivity index (χ1) is 11.6. The largest absolute Gasteiger partial charge is 0.497 e. The van der Waals surface area contributed by atoms with Crippen molar-refractivity contribution in [2.45, 2.75) is 32.9 Å². The molecule has 24 heavy (non-hydrogen) atoms. The van der Waals surface area contributed by atoms with E-state index in [-0.39, 0.29) is 6.61 Å². The van der Waals surface area contributed by atoms with Crippen LogP contribution in [0.3, 0.4) is 0 Å². The molecule has 0 unspecified atom stereocenters. The average Bonchev–Trinajstić information content (AvgIpc) is 2.57. The minimum atomic E-state index is 0.246. The van der Waals surface area contributed by atoms with E-state index in [2.05, 4.69) is 29.7 Å². The van der Waals surface area contributed by atoms with Crippen molar-refractivity contribution >= 4 is 0 Å². The minimum Gasteiger partial charge on any atom is -0.497 e. The maximum absolute atomic E-state index is 9.42. The lowest BCUT2D eigenvalue weighted by atomic mass is 10.0. The molecule has 1 heterocycles. The van der Waals surface area contributed by atoms with Crippen molar-refractivity contribution in [3.63, 3.8) is 0 Å². The summed E-state index contributed by atoms with van der Waals surface area (Å²) in [6.45, 7) is 9.76. The van der Waals surface area contributed by atoms with Gasteiger partial charge in [-0.1, -0.05) is 13.8 Å². The van der Waals surface area contributed by atoms with E-state index in [0.717, 1.165) is 56.2 Å². The number of hydrogen-bond acceptors (Lipinski definition) is 5. The van der Waals surface area contributed by atoms with Gasteiger partial charge in [0, 0.05) is 50.9 Å². The number of aliphatic hydroxyl groups is 1. The van der Waals surface area contributed by atoms with Crippen molar-refractivity contribution in [3.05, 3.63) is 23.8 Å². The Morgan fingerprint density at radius 1 is 1.21 bits per heavy atom. The van der Waals surface area contributed by atoms with Crippen molar-refractivity contribution in [3.8, 4) is 11.5 Å². The molecule has 0 bridgehead atoms. The first-order valence-corrected chi connectivity index (χ1v) is 8.85. The molecule has 1 aromatic rings. The van der Waals surface area contributed by atoms with Crippen molar-refractivity contribution in [1.82, 2.24) is 9.80 Å². The second kappa shape index (κ2) is 9.25. The highest BCUT2D eigenvalue weighted by Gasteiger charge is 2.27. The summed E-state index contributed by atoms with van der Waals surface area (Å²) < 4.78 is 10.9. The highest BCUT2D eigenvalue weighted by molar-refractivity contribution is 5.40. The molecule has 5 nitrogen and oxygen atoms in total. The zero-order valence-electron chi connectivity index (χ0n) is 15.5. The fourth-order valence-electron chi connectivity index (χ4n) is 3.48. The number of hydrogen-bond donors (Lipinski definition) is 1. The fourth-order valence-corrected chi connectivity index (χ4v) is 3.48. The topological polar surface area (TPSA) is 45.2 Å². The molecule has 0 amide bonds. The quantitative estimate of drug-likeness (QED) is 0.789. The Hall–Kier alpha value is -1.30. The van der Waals surface area contributed by atoms with E-state index in [0.29, 0.717) is 12.0 Å². The summed E-state index contributed by atoms with van der Waals surface area (Å²) in [7, 11) is 3.40. The van der Waals surface area contributed by atoms with Gasteiger partial charge in [-0.3, -0.25) is 9.80 Å². The number of nitrogens with zero attached hydrogens (tertiary/aromatic N) is 2. The van der Waals surface area contributed by atoms with Gasteiger partial charge in [-0.15, -0.1) is 0 Å². The molecule has 1 atom stereocenters. The van der Waals surface area contributed by atoms with Crippen LogP contribution in [-0.2, 0) is 6.54 Å². The molecular formula is C19H32N2O3. The number of benzene rings is 1. The maximum Gasteiger partial charge on any atom is 0.123 e. The summed E-state index contributed by atoms with van der Waals surface area (Å²) in [5, 5.41) is 9.42. The van der Waals surface area contributed by atoms with Gasteiger partial charge < -0.3 is 14.6 Å². The molecule has 0 radical (unpaired) electrons. The smallest absolute Gasteiger partial charge is 0.123 e. The summed E-state index contributed by atoms with van der Waals surface area (Å²) in [5.41, 5.74) is 1.15. The molecule has 1 N–H and O–H groups in total. The maximum atomic E-state index is 9.42. The molecular weight excluding hydrogens is 304 g/mol. The first-order valence-electron chi connectivity index (χ1n) is 8.85. The molecule has 0 saturated carbocycles. The van der Waals surface area contributed by atoms with Gasteiger partial charge in [0.05, 0.1) is 14.2 Å². The Morgan fingerprint density at radius 3 is 2.62 bits per heavy atom. The van der Waals surface area contributed by atoms with E-state index in [9.17, 15) is 5.11 Å². The van der Waals surface area contributed by atoms with Crippen LogP contribution in [0.15, 0.2) is 18.2 Å². The summed E-state index contributed by atoms with van der Waals surface area (Å²) in [6.07, 6.45) is 0.832. The normalized spacial score (nSPS) is 19.7. The van der Waals surface area contributed by atoms with Crippen LogP contribution in [0, 0.1) is 5.92 Å². The number of piperazine rings is 1. The molecule has 1 fully saturated rings. The zero-order valence-corrected chi connectivity index (χ0v) is 15.5. The van der Waals surface area contributed by atoms with Crippen LogP contribution in [-0.4, -0.2) is 68.0 Å². The highest BCUT2D eigenvalue weighted by Crippen LogP contribution is 2.26. The van der Waals surface area contributed by atoms with E-state index in [1.54, 1.807) is 14.2 Å². The van der Waals surface area contributed by atoms with E-state index < -0.39 is 0 Å². The third-order valence-corrected chi connectivity index (χ3v) is 4.63. The van der Waals surface area contributed by atoms with Gasteiger partial charge in [0.2, 0.25) is 0 Å². The lowest BCUT2D eigenvalue weighted by molar-refractivity contribution is 0.0473. The lowest BCUT2D eigenvalue weighted by Crippen LogP contribution is -2.53. The lowest BCUT2D eigenvalue weighted by Gasteiger charge is -2.42. The van der Waals surface area contributed by atoms with Gasteiger partial charge in [0.25, 0.3) is 0 Å². The Labute approximate surface area is 146 Å². The molecule has 5 heteroatoms. The Bertz CT molecular complexity index is 507. The predicted molar refractivity (Wildman–Crippen MR) is 96.7 cm³/mol. The monoisotopic (exact) mass is 336 g/mol. The Morgan fingerprint density at radius 2 is 2.00 bits per heavy atom. The number of ether oxygens (including phenoxy) is 2. The Kier molecular flexibility index (Phi) is 7.34. The van der Waals surface area contributed by atoms with Crippen LogP contribution >= 0.6 is 0 Å². The second-order valence-electron chi connectivity index (χ2n) is 6.97. The average molecular weight is 336 g/mol. The van der Waals surface area contributed by atoms with E-state index in [4.69, 9.17) is 9.47 Å². The fraction of sp³-hybridized carbons (Fsp3) is 0.684. The summed E-state index contributed by atoms with van der Waals surface area (Å²) in [4.78, 5) is 4.98. The zero-order chi connectivity index (χ0) is 17.5. The van der Waals surface area contributed by atoms with Gasteiger partial charge >= 0.3 is 0 Å². The van der Waals surface area contributed by atoms with Crippen LogP contribution in [0.5, 0.6) is 11.5 Å². The third kappa shape index (κ3) is 5.10. The van der Waals surface area contributed by atoms with Crippen molar-refractivity contribution < 1.29 is 14.6 Å². The summed E-state index contributed by atoms with van der Waals surface area (Å²) >= 11 is 0. The standard InChI is InChI=1S/C19H32N2O3/c1-15(2)12-21-9-8-20(14-17(21)7-10-22)13-16-11-18(23-3)5-6-19(16)24-4/h5-6,11,15,17,22H,7-10,12-14H2,1-4H3/t17-/m0/s1. The van der Waals surface area contributed by atoms with E-state index in [1.807, 2.05) is 12.1 Å². The van der Waals surface area contributed by atoms with Gasteiger partial charge in [0.15, 0.2) is 0 Å². The third-order valence-electron chi connectivity index (χ3n) is 4.63. The second-order valence-corrected chi connectivity index (χ2v) is 6.97. The summed E-state index contributed by atoms with van der Waals surface area (Å²) in [6, 6.07) is 6.37. The summed E-state index contributed by atoms with van der Waals surface area (Å²) in [5.74, 6) is 2.41. The SMILES string of the molecule is COc1ccc(OC)c(CN2CCN(CC(C)C)[C@@H](CCO)C2)c1. The van der Waals surface area contributed by atoms with Crippen LogP contribution in [0.2, 0.25) is 0 Å². The number of methoxy groups -OCH3 is 2. The van der Waals surface area contributed by atoms with Gasteiger partial charge in [-0.2, -0.15) is 0 Å². The first kappa shape index (κ1) is 19.0. The van der Waals surface area contributed by atoms with Gasteiger partial charge in [0.1, 0.15) is 11.5 Å². The molecule has 1 aliphatic heterocycles. The molecule has 0 aromatic heterocycles. The van der Waals surface area contributed by atoms with Crippen LogP contribution in [0.4, 0.5) is 0 Å². The van der Waals surface area contributed by atoms with E-state index >= 15 is 0 Å². The molecule has 0 aliphatic carbocycles. The van der Waals surface area contributed by atoms with Crippen LogP contribution in [0.25, 0.3) is 0 Å². The van der Waals surface area contributed by atoms with Crippen molar-refractivity contribution in [2.24, 2.45) is 5.92 Å². The van der Waals surface area contributed by atoms with Gasteiger partial charge in [-0.25, -0.2) is 0 Å². The van der Waals surface area contributed by atoms with Crippen molar-refractivity contribution in [1.29, 1.82) is 0 Å². The van der Waals surface area contributed by atoms with E-state index in [1.165, 1.54) is 0 Å². The molecule has 2 rings (SSSR count). The molecule has 136 valence electrons. The Balaban J connectivity index is 2.05. The number of aliphatic hydroxyl groups excluding tert-OH is 1. The minimum absolute atomic E-state index is 0.246. The molecule has 1 aromatic carbocycles. The molecule has 1 saturated heterocycles.